The van der Waals surface area contributed by atoms with Crippen LogP contribution in [0.25, 0.3) is 22.8 Å². The van der Waals surface area contributed by atoms with Crippen LogP contribution in [-0.2, 0) is 19.5 Å². The first kappa shape index (κ1) is 13.4. The fraction of sp³-hybridized carbons (Fsp3) is 0. The van der Waals surface area contributed by atoms with Gasteiger partial charge in [-0.05, 0) is 12.1 Å². The van der Waals surface area contributed by atoms with Gasteiger partial charge in [-0.2, -0.15) is 4.98 Å². The van der Waals surface area contributed by atoms with Gasteiger partial charge in [-0.1, -0.05) is 47.6 Å². The minimum atomic E-state index is 0. The molecule has 0 spiro atoms. The van der Waals surface area contributed by atoms with Crippen molar-refractivity contribution < 1.29 is 29.1 Å². The van der Waals surface area contributed by atoms with Crippen LogP contribution in [0, 0.1) is 0 Å². The number of hydrogen-bond acceptors (Lipinski definition) is 4. The second kappa shape index (κ2) is 5.76. The van der Waals surface area contributed by atoms with Crippen LogP contribution in [0.5, 0.6) is 5.75 Å². The minimum absolute atomic E-state index is 0. The van der Waals surface area contributed by atoms with Crippen molar-refractivity contribution in [3.05, 3.63) is 54.6 Å². The number of rotatable bonds is 2. The predicted octanol–water partition coefficient (Wildman–Crippen LogP) is 3.11. The molecule has 90 valence electrons. The predicted molar refractivity (Wildman–Crippen MR) is 66.8 cm³/mol. The van der Waals surface area contributed by atoms with Crippen LogP contribution in [-0.4, -0.2) is 15.2 Å². The van der Waals surface area contributed by atoms with Crippen LogP contribution >= 0.6 is 0 Å². The van der Waals surface area contributed by atoms with E-state index < -0.39 is 0 Å². The third-order valence-corrected chi connectivity index (χ3v) is 2.59. The molecule has 0 saturated carbocycles. The van der Waals surface area contributed by atoms with Crippen LogP contribution < -0.4 is 0 Å². The number of benzene rings is 2. The molecule has 1 N–H and O–H groups in total. The van der Waals surface area contributed by atoms with Gasteiger partial charge in [0.2, 0.25) is 5.82 Å². The van der Waals surface area contributed by atoms with E-state index in [1.54, 1.807) is 24.3 Å². The zero-order valence-electron chi connectivity index (χ0n) is 10.2. The molecular formula is C14H10N2O2Zn. The summed E-state index contributed by atoms with van der Waals surface area (Å²) in [5.41, 5.74) is 1.41. The molecule has 0 radical (unpaired) electrons. The van der Waals surface area contributed by atoms with Crippen molar-refractivity contribution in [3.8, 4) is 28.6 Å². The van der Waals surface area contributed by atoms with Crippen molar-refractivity contribution in [3.63, 3.8) is 0 Å². The van der Waals surface area contributed by atoms with E-state index in [9.17, 15) is 5.11 Å². The Morgan fingerprint density at radius 1 is 0.895 bits per heavy atom. The maximum absolute atomic E-state index is 9.72. The van der Waals surface area contributed by atoms with Gasteiger partial charge in [0.25, 0.3) is 5.89 Å². The average molecular weight is 304 g/mol. The molecule has 3 rings (SSSR count). The van der Waals surface area contributed by atoms with Gasteiger partial charge in [0, 0.05) is 25.0 Å². The number of aromatic hydroxyl groups is 1. The fourth-order valence-corrected chi connectivity index (χ4v) is 1.69. The zero-order valence-corrected chi connectivity index (χ0v) is 13.1. The Labute approximate surface area is 122 Å². The van der Waals surface area contributed by atoms with Crippen LogP contribution in [0.15, 0.2) is 59.1 Å². The van der Waals surface area contributed by atoms with Gasteiger partial charge in [-0.15, -0.1) is 0 Å². The van der Waals surface area contributed by atoms with Crippen molar-refractivity contribution in [2.24, 2.45) is 0 Å². The van der Waals surface area contributed by atoms with Gasteiger partial charge in [0.05, 0.1) is 5.56 Å². The van der Waals surface area contributed by atoms with E-state index in [4.69, 9.17) is 4.52 Å². The van der Waals surface area contributed by atoms with Crippen molar-refractivity contribution in [2.75, 3.05) is 0 Å². The van der Waals surface area contributed by atoms with Crippen molar-refractivity contribution in [1.82, 2.24) is 10.1 Å². The monoisotopic (exact) mass is 302 g/mol. The number of nitrogens with zero attached hydrogens (tertiary/aromatic N) is 2. The van der Waals surface area contributed by atoms with Gasteiger partial charge in [0.1, 0.15) is 5.75 Å². The Bertz CT molecular complexity index is 668. The molecule has 4 nitrogen and oxygen atoms in total. The minimum Gasteiger partial charge on any atom is -0.507 e. The van der Waals surface area contributed by atoms with E-state index in [-0.39, 0.29) is 25.2 Å². The van der Waals surface area contributed by atoms with Gasteiger partial charge in [-0.3, -0.25) is 0 Å². The Kier molecular flexibility index (Phi) is 4.07. The molecule has 2 aromatic carbocycles. The van der Waals surface area contributed by atoms with Crippen molar-refractivity contribution in [2.45, 2.75) is 0 Å². The molecule has 0 aliphatic carbocycles. The second-order valence-corrected chi connectivity index (χ2v) is 3.81. The van der Waals surface area contributed by atoms with Gasteiger partial charge >= 0.3 is 0 Å². The smallest absolute Gasteiger partial charge is 0.261 e. The normalized spacial score (nSPS) is 9.89. The number of phenols is 1. The second-order valence-electron chi connectivity index (χ2n) is 3.81. The molecule has 0 atom stereocenters. The quantitative estimate of drug-likeness (QED) is 0.739. The number of hydrogen-bond donors (Lipinski definition) is 1. The van der Waals surface area contributed by atoms with E-state index in [1.807, 2.05) is 30.3 Å². The first-order chi connectivity index (χ1) is 8.84. The summed E-state index contributed by atoms with van der Waals surface area (Å²) in [6.45, 7) is 0. The van der Waals surface area contributed by atoms with E-state index in [1.165, 1.54) is 0 Å². The van der Waals surface area contributed by atoms with E-state index in [2.05, 4.69) is 10.1 Å². The molecule has 0 aliphatic rings. The molecule has 0 unspecified atom stereocenters. The maximum atomic E-state index is 9.72. The molecule has 0 amide bonds. The standard InChI is InChI=1S/C14H10N2O2.Zn/c17-12-9-5-4-8-11(12)14-15-13(16-18-14)10-6-2-1-3-7-10;/h1-9,17H;. The molecule has 0 bridgehead atoms. The molecule has 3 aromatic rings. The van der Waals surface area contributed by atoms with E-state index in [0.29, 0.717) is 17.3 Å². The molecule has 19 heavy (non-hydrogen) atoms. The molecule has 0 fully saturated rings. The van der Waals surface area contributed by atoms with Gasteiger partial charge < -0.3 is 9.63 Å². The van der Waals surface area contributed by atoms with E-state index in [0.717, 1.165) is 5.56 Å². The van der Waals surface area contributed by atoms with Gasteiger partial charge in [-0.25, -0.2) is 0 Å². The topological polar surface area (TPSA) is 59.2 Å². The van der Waals surface area contributed by atoms with E-state index >= 15 is 0 Å². The summed E-state index contributed by atoms with van der Waals surface area (Å²) >= 11 is 0. The molecule has 0 aliphatic heterocycles. The first-order valence-electron chi connectivity index (χ1n) is 5.52. The molecular weight excluding hydrogens is 294 g/mol. The fourth-order valence-electron chi connectivity index (χ4n) is 1.69. The Morgan fingerprint density at radius 2 is 1.58 bits per heavy atom. The Hall–Kier alpha value is -2.00. The number of para-hydroxylation sites is 1. The molecule has 5 heteroatoms. The third kappa shape index (κ3) is 2.71. The first-order valence-corrected chi connectivity index (χ1v) is 5.52. The van der Waals surface area contributed by atoms with Gasteiger partial charge in [0.15, 0.2) is 0 Å². The van der Waals surface area contributed by atoms with Crippen LogP contribution in [0.1, 0.15) is 0 Å². The number of aromatic nitrogens is 2. The molecule has 0 saturated heterocycles. The molecule has 1 heterocycles. The largest absolute Gasteiger partial charge is 0.507 e. The summed E-state index contributed by atoms with van der Waals surface area (Å²) in [5.74, 6) is 0.946. The summed E-state index contributed by atoms with van der Waals surface area (Å²) in [7, 11) is 0. The summed E-state index contributed by atoms with van der Waals surface area (Å²) in [4.78, 5) is 4.27. The summed E-state index contributed by atoms with van der Waals surface area (Å²) < 4.78 is 5.16. The van der Waals surface area contributed by atoms with Crippen LogP contribution in [0.2, 0.25) is 0 Å². The summed E-state index contributed by atoms with van der Waals surface area (Å²) in [6.07, 6.45) is 0. The number of phenolic OH excluding ortho intramolecular Hbond substituents is 1. The average Bonchev–Trinajstić information content (AvgIpc) is 2.90. The van der Waals surface area contributed by atoms with Crippen LogP contribution in [0.4, 0.5) is 0 Å². The summed E-state index contributed by atoms with van der Waals surface area (Å²) in [6, 6.07) is 16.4. The SMILES string of the molecule is Oc1ccccc1-c1nc(-c2ccccc2)no1.[Zn]. The summed E-state index contributed by atoms with van der Waals surface area (Å²) in [5, 5.41) is 13.6. The third-order valence-electron chi connectivity index (χ3n) is 2.59. The zero-order chi connectivity index (χ0) is 12.4. The van der Waals surface area contributed by atoms with Crippen LogP contribution in [0.3, 0.4) is 0 Å². The Balaban J connectivity index is 0.00000133. The maximum Gasteiger partial charge on any atom is 0.261 e. The molecule has 1 aromatic heterocycles. The van der Waals surface area contributed by atoms with Crippen molar-refractivity contribution >= 4 is 0 Å². The Morgan fingerprint density at radius 3 is 2.32 bits per heavy atom. The van der Waals surface area contributed by atoms with Crippen molar-refractivity contribution in [1.29, 1.82) is 0 Å².